The molecule has 1 heterocycles. The molecule has 1 N–H and O–H groups in total. The number of oxazole rings is 1. The number of nitrogens with one attached hydrogen (secondary N) is 1. The van der Waals surface area contributed by atoms with Crippen LogP contribution in [0, 0.1) is 0 Å². The van der Waals surface area contributed by atoms with Crippen molar-refractivity contribution in [3.8, 4) is 0 Å². The summed E-state index contributed by atoms with van der Waals surface area (Å²) in [5, 5.41) is 3.40. The smallest absolute Gasteiger partial charge is 0.211 e. The average Bonchev–Trinajstić information content (AvgIpc) is 2.87. The summed E-state index contributed by atoms with van der Waals surface area (Å²) in [7, 11) is 0. The fourth-order valence-corrected chi connectivity index (χ4v) is 2.62. The second kappa shape index (κ2) is 5.17. The predicted octanol–water partition coefficient (Wildman–Crippen LogP) is 3.42. The first kappa shape index (κ1) is 12.4. The van der Waals surface area contributed by atoms with Crippen LogP contribution >= 0.6 is 0 Å². The minimum atomic E-state index is 0.184. The zero-order valence-corrected chi connectivity index (χ0v) is 11.5. The van der Waals surface area contributed by atoms with Gasteiger partial charge in [-0.1, -0.05) is 31.2 Å². The monoisotopic (exact) mass is 256 g/mol. The Balaban J connectivity index is 1.73. The fourth-order valence-electron chi connectivity index (χ4n) is 2.62. The third-order valence-electron chi connectivity index (χ3n) is 3.81. The van der Waals surface area contributed by atoms with E-state index in [0.717, 1.165) is 31.0 Å². The minimum Gasteiger partial charge on any atom is -0.443 e. The molecule has 0 saturated heterocycles. The van der Waals surface area contributed by atoms with Crippen molar-refractivity contribution in [2.75, 3.05) is 6.54 Å². The maximum absolute atomic E-state index is 5.93. The van der Waals surface area contributed by atoms with Crippen LogP contribution in [0.5, 0.6) is 0 Å². The highest BCUT2D eigenvalue weighted by atomic mass is 16.4. The molecule has 3 rings (SSSR count). The molecule has 1 aromatic carbocycles. The van der Waals surface area contributed by atoms with Crippen LogP contribution in [-0.4, -0.2) is 11.5 Å². The molecule has 3 heteroatoms. The maximum Gasteiger partial charge on any atom is 0.211 e. The van der Waals surface area contributed by atoms with Crippen LogP contribution < -0.4 is 5.32 Å². The molecule has 0 saturated carbocycles. The summed E-state index contributed by atoms with van der Waals surface area (Å²) in [5.74, 6) is 2.20. The second-order valence-electron chi connectivity index (χ2n) is 5.23. The summed E-state index contributed by atoms with van der Waals surface area (Å²) in [5.41, 5.74) is 2.82. The van der Waals surface area contributed by atoms with Crippen LogP contribution in [-0.2, 0) is 6.42 Å². The number of hydrogen-bond acceptors (Lipinski definition) is 3. The lowest BCUT2D eigenvalue weighted by Gasteiger charge is -2.27. The van der Waals surface area contributed by atoms with Gasteiger partial charge in [-0.3, -0.25) is 0 Å². The molecule has 0 fully saturated rings. The summed E-state index contributed by atoms with van der Waals surface area (Å²) >= 11 is 0. The van der Waals surface area contributed by atoms with E-state index in [9.17, 15) is 0 Å². The van der Waals surface area contributed by atoms with Crippen molar-refractivity contribution >= 4 is 0 Å². The Morgan fingerprint density at radius 1 is 1.42 bits per heavy atom. The molecule has 0 bridgehead atoms. The normalized spacial score (nSPS) is 18.7. The molecule has 1 aliphatic carbocycles. The SMILES string of the molecule is CCCNC(C)c1ncc(C2Cc3ccccc32)o1. The Labute approximate surface area is 114 Å². The van der Waals surface area contributed by atoms with E-state index in [4.69, 9.17) is 4.42 Å². The quantitative estimate of drug-likeness (QED) is 0.890. The molecule has 0 aliphatic heterocycles. The van der Waals surface area contributed by atoms with E-state index < -0.39 is 0 Å². The van der Waals surface area contributed by atoms with Gasteiger partial charge < -0.3 is 9.73 Å². The van der Waals surface area contributed by atoms with E-state index in [2.05, 4.69) is 48.4 Å². The standard InChI is InChI=1S/C16H20N2O/c1-3-8-17-11(2)16-18-10-15(19-16)14-9-12-6-4-5-7-13(12)14/h4-7,10-11,14,17H,3,8-9H2,1-2H3. The third kappa shape index (κ3) is 2.30. The Kier molecular flexibility index (Phi) is 3.38. The van der Waals surface area contributed by atoms with Crippen LogP contribution in [0.3, 0.4) is 0 Å². The van der Waals surface area contributed by atoms with Gasteiger partial charge in [-0.2, -0.15) is 0 Å². The minimum absolute atomic E-state index is 0.184. The van der Waals surface area contributed by atoms with Gasteiger partial charge in [0.1, 0.15) is 5.76 Å². The average molecular weight is 256 g/mol. The summed E-state index contributed by atoms with van der Waals surface area (Å²) in [6, 6.07) is 8.74. The highest BCUT2D eigenvalue weighted by molar-refractivity contribution is 5.44. The summed E-state index contributed by atoms with van der Waals surface area (Å²) in [4.78, 5) is 4.42. The van der Waals surface area contributed by atoms with Crippen molar-refractivity contribution in [2.24, 2.45) is 0 Å². The number of benzene rings is 1. The van der Waals surface area contributed by atoms with Gasteiger partial charge >= 0.3 is 0 Å². The van der Waals surface area contributed by atoms with Gasteiger partial charge in [0, 0.05) is 5.92 Å². The second-order valence-corrected chi connectivity index (χ2v) is 5.23. The zero-order chi connectivity index (χ0) is 13.2. The van der Waals surface area contributed by atoms with Gasteiger partial charge in [0.05, 0.1) is 12.2 Å². The predicted molar refractivity (Wildman–Crippen MR) is 75.2 cm³/mol. The van der Waals surface area contributed by atoms with Gasteiger partial charge in [0.25, 0.3) is 0 Å². The van der Waals surface area contributed by atoms with Crippen LogP contribution in [0.1, 0.15) is 55.0 Å². The first-order chi connectivity index (χ1) is 9.29. The van der Waals surface area contributed by atoms with Crippen LogP contribution in [0.4, 0.5) is 0 Å². The van der Waals surface area contributed by atoms with Gasteiger partial charge in [-0.05, 0) is 37.4 Å². The van der Waals surface area contributed by atoms with E-state index in [-0.39, 0.29) is 6.04 Å². The number of hydrogen-bond donors (Lipinski definition) is 1. The lowest BCUT2D eigenvalue weighted by atomic mass is 9.76. The Bertz CT molecular complexity index is 561. The highest BCUT2D eigenvalue weighted by Gasteiger charge is 2.30. The zero-order valence-electron chi connectivity index (χ0n) is 11.5. The first-order valence-corrected chi connectivity index (χ1v) is 7.06. The van der Waals surface area contributed by atoms with Crippen molar-refractivity contribution < 1.29 is 4.42 Å². The summed E-state index contributed by atoms with van der Waals surface area (Å²) < 4.78 is 5.93. The molecule has 1 aromatic heterocycles. The molecule has 2 aromatic rings. The third-order valence-corrected chi connectivity index (χ3v) is 3.81. The van der Waals surface area contributed by atoms with Crippen molar-refractivity contribution in [3.05, 3.63) is 53.2 Å². The van der Waals surface area contributed by atoms with E-state index >= 15 is 0 Å². The number of aromatic nitrogens is 1. The Hall–Kier alpha value is -1.61. The van der Waals surface area contributed by atoms with Crippen molar-refractivity contribution in [3.63, 3.8) is 0 Å². The topological polar surface area (TPSA) is 38.1 Å². The van der Waals surface area contributed by atoms with Gasteiger partial charge in [-0.25, -0.2) is 4.98 Å². The number of rotatable bonds is 5. The van der Waals surface area contributed by atoms with Crippen LogP contribution in [0.2, 0.25) is 0 Å². The molecule has 0 radical (unpaired) electrons. The lowest BCUT2D eigenvalue weighted by Crippen LogP contribution is -2.19. The van der Waals surface area contributed by atoms with Crippen molar-refractivity contribution in [2.45, 2.75) is 38.6 Å². The summed E-state index contributed by atoms with van der Waals surface area (Å²) in [6.07, 6.45) is 4.08. The number of nitrogens with zero attached hydrogens (tertiary/aromatic N) is 1. The number of fused-ring (bicyclic) bond motifs is 1. The maximum atomic E-state index is 5.93. The lowest BCUT2D eigenvalue weighted by molar-refractivity contribution is 0.379. The van der Waals surface area contributed by atoms with E-state index in [0.29, 0.717) is 5.92 Å². The molecule has 1 aliphatic rings. The first-order valence-electron chi connectivity index (χ1n) is 7.06. The van der Waals surface area contributed by atoms with Crippen LogP contribution in [0.15, 0.2) is 34.9 Å². The fraction of sp³-hybridized carbons (Fsp3) is 0.438. The van der Waals surface area contributed by atoms with Gasteiger partial charge in [0.2, 0.25) is 5.89 Å². The molecule has 19 heavy (non-hydrogen) atoms. The summed E-state index contributed by atoms with van der Waals surface area (Å²) in [6.45, 7) is 5.25. The molecule has 2 unspecified atom stereocenters. The van der Waals surface area contributed by atoms with E-state index in [1.807, 2.05) is 6.20 Å². The molecular weight excluding hydrogens is 236 g/mol. The van der Waals surface area contributed by atoms with E-state index in [1.54, 1.807) is 0 Å². The molecule has 0 spiro atoms. The molecule has 100 valence electrons. The van der Waals surface area contributed by atoms with E-state index in [1.165, 1.54) is 11.1 Å². The van der Waals surface area contributed by atoms with Gasteiger partial charge in [-0.15, -0.1) is 0 Å². The molecule has 0 amide bonds. The van der Waals surface area contributed by atoms with Crippen molar-refractivity contribution in [1.29, 1.82) is 0 Å². The Morgan fingerprint density at radius 3 is 3.05 bits per heavy atom. The molecule has 2 atom stereocenters. The molecule has 3 nitrogen and oxygen atoms in total. The highest BCUT2D eigenvalue weighted by Crippen LogP contribution is 2.40. The van der Waals surface area contributed by atoms with Gasteiger partial charge in [0.15, 0.2) is 0 Å². The largest absolute Gasteiger partial charge is 0.443 e. The Morgan fingerprint density at radius 2 is 2.26 bits per heavy atom. The van der Waals surface area contributed by atoms with Crippen LogP contribution in [0.25, 0.3) is 0 Å². The van der Waals surface area contributed by atoms with Crippen molar-refractivity contribution in [1.82, 2.24) is 10.3 Å². The molecular formula is C16H20N2O.